The first-order chi connectivity index (χ1) is 14.2. The molecule has 0 spiro atoms. The quantitative estimate of drug-likeness (QED) is 0.784. The van der Waals surface area contributed by atoms with Crippen molar-refractivity contribution >= 4 is 23.3 Å². The third-order valence-corrected chi connectivity index (χ3v) is 7.07. The largest absolute Gasteiger partial charge is 0.379 e. The van der Waals surface area contributed by atoms with Crippen molar-refractivity contribution in [2.75, 3.05) is 51.3 Å². The first-order valence-electron chi connectivity index (χ1n) is 11.2. The van der Waals surface area contributed by atoms with E-state index in [4.69, 9.17) is 16.3 Å². The number of hydrogen-bond acceptors (Lipinski definition) is 5. The summed E-state index contributed by atoms with van der Waals surface area (Å²) in [4.78, 5) is 21.8. The zero-order valence-corrected chi connectivity index (χ0v) is 18.1. The Kier molecular flexibility index (Phi) is 6.93. The van der Waals surface area contributed by atoms with Crippen LogP contribution in [-0.2, 0) is 4.74 Å². The van der Waals surface area contributed by atoms with Gasteiger partial charge in [0.05, 0.1) is 23.8 Å². The summed E-state index contributed by atoms with van der Waals surface area (Å²) in [6.45, 7) is 6.11. The van der Waals surface area contributed by atoms with Gasteiger partial charge in [0, 0.05) is 44.5 Å². The van der Waals surface area contributed by atoms with Crippen molar-refractivity contribution in [2.24, 2.45) is 0 Å². The molecule has 160 valence electrons. The Labute approximate surface area is 178 Å². The molecule has 3 aliphatic rings. The maximum absolute atomic E-state index is 12.7. The fraction of sp³-hybridized carbons (Fsp3) is 0.727. The molecule has 4 rings (SSSR count). The molecule has 6 nitrogen and oxygen atoms in total. The van der Waals surface area contributed by atoms with E-state index in [1.54, 1.807) is 12.3 Å². The molecule has 3 heterocycles. The van der Waals surface area contributed by atoms with E-state index in [-0.39, 0.29) is 11.4 Å². The van der Waals surface area contributed by atoms with Crippen LogP contribution in [0.4, 0.5) is 5.82 Å². The third kappa shape index (κ3) is 4.86. The van der Waals surface area contributed by atoms with Gasteiger partial charge in [0.1, 0.15) is 5.82 Å². The Morgan fingerprint density at radius 2 is 1.76 bits per heavy atom. The highest BCUT2D eigenvalue weighted by molar-refractivity contribution is 6.33. The monoisotopic (exact) mass is 420 g/mol. The van der Waals surface area contributed by atoms with E-state index in [1.165, 1.54) is 38.5 Å². The summed E-state index contributed by atoms with van der Waals surface area (Å²) in [6, 6.07) is 1.77. The minimum absolute atomic E-state index is 0.0442. The lowest BCUT2D eigenvalue weighted by Gasteiger charge is -2.48. The highest BCUT2D eigenvalue weighted by atomic mass is 35.5. The van der Waals surface area contributed by atoms with Crippen molar-refractivity contribution in [2.45, 2.75) is 56.9 Å². The Morgan fingerprint density at radius 1 is 1.07 bits per heavy atom. The Balaban J connectivity index is 1.43. The predicted octanol–water partition coefficient (Wildman–Crippen LogP) is 3.81. The Bertz CT molecular complexity index is 696. The number of ether oxygens (including phenoxy) is 1. The number of halogens is 1. The zero-order chi connectivity index (χ0) is 20.1. The van der Waals surface area contributed by atoms with Gasteiger partial charge in [-0.3, -0.25) is 9.69 Å². The normalized spacial score (nSPS) is 23.0. The van der Waals surface area contributed by atoms with E-state index in [0.717, 1.165) is 58.8 Å². The van der Waals surface area contributed by atoms with Crippen LogP contribution in [-0.4, -0.2) is 72.2 Å². The maximum atomic E-state index is 12.7. The van der Waals surface area contributed by atoms with Gasteiger partial charge in [0.25, 0.3) is 5.91 Å². The number of carbonyl (C=O) groups is 1. The molecule has 29 heavy (non-hydrogen) atoms. The summed E-state index contributed by atoms with van der Waals surface area (Å²) >= 11 is 6.53. The van der Waals surface area contributed by atoms with Gasteiger partial charge in [-0.1, -0.05) is 30.9 Å². The van der Waals surface area contributed by atoms with Gasteiger partial charge < -0.3 is 15.0 Å². The number of nitrogens with one attached hydrogen (secondary N) is 1. The highest BCUT2D eigenvalue weighted by Crippen LogP contribution is 2.35. The molecule has 0 aromatic carbocycles. The Morgan fingerprint density at radius 3 is 2.45 bits per heavy atom. The van der Waals surface area contributed by atoms with E-state index in [0.29, 0.717) is 16.4 Å². The molecule has 2 aliphatic heterocycles. The topological polar surface area (TPSA) is 57.7 Å². The molecule has 0 unspecified atom stereocenters. The molecule has 3 fully saturated rings. The van der Waals surface area contributed by atoms with Crippen molar-refractivity contribution < 1.29 is 9.53 Å². The van der Waals surface area contributed by atoms with Crippen LogP contribution >= 0.6 is 11.6 Å². The minimum Gasteiger partial charge on any atom is -0.379 e. The molecule has 7 heteroatoms. The van der Waals surface area contributed by atoms with E-state index < -0.39 is 0 Å². The SMILES string of the molecule is O=C(c1cnc(NCC2(N3CCOCC3)CCCCC2)c(Cl)c1)N1CCCCC1. The number of morpholine rings is 1. The summed E-state index contributed by atoms with van der Waals surface area (Å²) < 4.78 is 5.57. The van der Waals surface area contributed by atoms with Gasteiger partial charge in [-0.25, -0.2) is 4.98 Å². The highest BCUT2D eigenvalue weighted by Gasteiger charge is 2.38. The molecular weight excluding hydrogens is 388 g/mol. The van der Waals surface area contributed by atoms with Crippen LogP contribution in [0.15, 0.2) is 12.3 Å². The average Bonchev–Trinajstić information content (AvgIpc) is 2.79. The fourth-order valence-corrected chi connectivity index (χ4v) is 5.30. The number of anilines is 1. The molecule has 1 saturated carbocycles. The zero-order valence-electron chi connectivity index (χ0n) is 17.3. The molecular formula is C22H33ClN4O2. The van der Waals surface area contributed by atoms with Crippen LogP contribution in [0.3, 0.4) is 0 Å². The second kappa shape index (κ2) is 9.63. The number of nitrogens with zero attached hydrogens (tertiary/aromatic N) is 3. The van der Waals surface area contributed by atoms with Crippen LogP contribution in [0, 0.1) is 0 Å². The maximum Gasteiger partial charge on any atom is 0.255 e. The van der Waals surface area contributed by atoms with Crippen LogP contribution in [0.2, 0.25) is 5.02 Å². The van der Waals surface area contributed by atoms with Crippen LogP contribution in [0.5, 0.6) is 0 Å². The van der Waals surface area contributed by atoms with Crippen LogP contribution in [0.25, 0.3) is 0 Å². The van der Waals surface area contributed by atoms with Crippen molar-refractivity contribution in [1.29, 1.82) is 0 Å². The second-order valence-corrected chi connectivity index (χ2v) is 9.05. The number of piperidine rings is 1. The van der Waals surface area contributed by atoms with Gasteiger partial charge in [-0.05, 0) is 38.2 Å². The number of hydrogen-bond donors (Lipinski definition) is 1. The van der Waals surface area contributed by atoms with Gasteiger partial charge in [-0.2, -0.15) is 0 Å². The van der Waals surface area contributed by atoms with Gasteiger partial charge in [-0.15, -0.1) is 0 Å². The molecule has 0 bridgehead atoms. The molecule has 0 radical (unpaired) electrons. The lowest BCUT2D eigenvalue weighted by Crippen LogP contribution is -2.58. The van der Waals surface area contributed by atoms with Crippen molar-refractivity contribution in [3.05, 3.63) is 22.8 Å². The fourth-order valence-electron chi connectivity index (χ4n) is 5.07. The Hall–Kier alpha value is -1.37. The first-order valence-corrected chi connectivity index (χ1v) is 11.6. The summed E-state index contributed by atoms with van der Waals surface area (Å²) in [5, 5.41) is 4.04. The number of amides is 1. The van der Waals surface area contributed by atoms with E-state index in [2.05, 4.69) is 15.2 Å². The van der Waals surface area contributed by atoms with E-state index >= 15 is 0 Å². The van der Waals surface area contributed by atoms with Gasteiger partial charge in [0.15, 0.2) is 0 Å². The number of aromatic nitrogens is 1. The first kappa shape index (κ1) is 20.9. The van der Waals surface area contributed by atoms with Crippen LogP contribution in [0.1, 0.15) is 61.7 Å². The molecule has 1 N–H and O–H groups in total. The second-order valence-electron chi connectivity index (χ2n) is 8.65. The molecule has 1 aliphatic carbocycles. The molecule has 2 saturated heterocycles. The lowest BCUT2D eigenvalue weighted by atomic mass is 9.79. The molecule has 1 amide bonds. The van der Waals surface area contributed by atoms with Crippen molar-refractivity contribution in [3.63, 3.8) is 0 Å². The standard InChI is InChI=1S/C22H33ClN4O2/c23-19-15-18(21(28)26-9-5-2-6-10-26)16-24-20(19)25-17-22(7-3-1-4-8-22)27-11-13-29-14-12-27/h15-16H,1-14,17H2,(H,24,25). The average molecular weight is 421 g/mol. The summed E-state index contributed by atoms with van der Waals surface area (Å²) in [5.74, 6) is 0.725. The summed E-state index contributed by atoms with van der Waals surface area (Å²) in [6.07, 6.45) is 11.3. The number of rotatable bonds is 5. The minimum atomic E-state index is 0.0442. The number of likely N-dealkylation sites (tertiary alicyclic amines) is 1. The smallest absolute Gasteiger partial charge is 0.255 e. The molecule has 0 atom stereocenters. The van der Waals surface area contributed by atoms with Gasteiger partial charge in [0.2, 0.25) is 0 Å². The molecule has 1 aromatic rings. The van der Waals surface area contributed by atoms with Crippen molar-refractivity contribution in [1.82, 2.24) is 14.8 Å². The van der Waals surface area contributed by atoms with Crippen molar-refractivity contribution in [3.8, 4) is 0 Å². The number of carbonyl (C=O) groups excluding carboxylic acids is 1. The van der Waals surface area contributed by atoms with Crippen LogP contribution < -0.4 is 5.32 Å². The summed E-state index contributed by atoms with van der Waals surface area (Å²) in [5.41, 5.74) is 0.734. The predicted molar refractivity (Wildman–Crippen MR) is 116 cm³/mol. The van der Waals surface area contributed by atoms with Gasteiger partial charge >= 0.3 is 0 Å². The van der Waals surface area contributed by atoms with E-state index in [9.17, 15) is 4.79 Å². The third-order valence-electron chi connectivity index (χ3n) is 6.78. The molecule has 1 aromatic heterocycles. The van der Waals surface area contributed by atoms with E-state index in [1.807, 2.05) is 4.90 Å². The summed E-state index contributed by atoms with van der Waals surface area (Å²) in [7, 11) is 0. The number of pyridine rings is 1. The lowest BCUT2D eigenvalue weighted by molar-refractivity contribution is -0.0318.